The number of nitrogens with zero attached hydrogens (tertiary/aromatic N) is 2. The fourth-order valence-electron chi connectivity index (χ4n) is 3.12. The molecule has 0 aliphatic carbocycles. The van der Waals surface area contributed by atoms with Crippen molar-refractivity contribution in [2.24, 2.45) is 0 Å². The van der Waals surface area contributed by atoms with E-state index in [2.05, 4.69) is 20.2 Å². The average Bonchev–Trinajstić information content (AvgIpc) is 3.20. The monoisotopic (exact) mass is 364 g/mol. The molecule has 2 N–H and O–H groups in total. The Morgan fingerprint density at radius 3 is 2.59 bits per heavy atom. The Bertz CT molecular complexity index is 959. The van der Waals surface area contributed by atoms with Crippen molar-refractivity contribution in [1.82, 2.24) is 15.3 Å². The van der Waals surface area contributed by atoms with E-state index in [-0.39, 0.29) is 18.2 Å². The summed E-state index contributed by atoms with van der Waals surface area (Å²) in [6.45, 7) is 3.10. The Balaban J connectivity index is 1.36. The lowest BCUT2D eigenvalue weighted by Crippen LogP contribution is -2.36. The molecule has 1 aliphatic rings. The Kier molecular flexibility index (Phi) is 4.84. The van der Waals surface area contributed by atoms with Gasteiger partial charge in [0.15, 0.2) is 5.78 Å². The summed E-state index contributed by atoms with van der Waals surface area (Å²) in [5.74, 6) is -0.413. The number of aromatic amines is 1. The Labute approximate surface area is 156 Å². The number of anilines is 1. The zero-order valence-electron chi connectivity index (χ0n) is 14.8. The van der Waals surface area contributed by atoms with Crippen LogP contribution in [0.1, 0.15) is 20.7 Å². The fraction of sp³-hybridized carbons (Fsp3) is 0.250. The summed E-state index contributed by atoms with van der Waals surface area (Å²) >= 11 is 0. The number of hydrogen-bond acceptors (Lipinski definition) is 5. The molecule has 0 unspecified atom stereocenters. The van der Waals surface area contributed by atoms with Crippen molar-refractivity contribution in [1.29, 1.82) is 0 Å². The number of rotatable bonds is 5. The zero-order valence-corrected chi connectivity index (χ0v) is 14.8. The number of benzene rings is 2. The van der Waals surface area contributed by atoms with E-state index < -0.39 is 0 Å². The van der Waals surface area contributed by atoms with Gasteiger partial charge in [-0.2, -0.15) is 0 Å². The number of amides is 1. The topological polar surface area (TPSA) is 87.3 Å². The quantitative estimate of drug-likeness (QED) is 0.676. The largest absolute Gasteiger partial charge is 0.378 e. The van der Waals surface area contributed by atoms with E-state index in [4.69, 9.17) is 4.74 Å². The fourth-order valence-corrected chi connectivity index (χ4v) is 3.12. The summed E-state index contributed by atoms with van der Waals surface area (Å²) in [5.41, 5.74) is 3.72. The third kappa shape index (κ3) is 3.83. The first-order valence-corrected chi connectivity index (χ1v) is 8.88. The standard InChI is InChI=1S/C20H20N4O3/c25-19(14-1-4-16(5-2-14)24-7-9-27-10-8-24)12-21-20(26)15-3-6-17-18(11-15)23-13-22-17/h1-6,11,13H,7-10,12H2,(H,21,26)(H,22,23). The van der Waals surface area contributed by atoms with Crippen molar-refractivity contribution in [3.8, 4) is 0 Å². The van der Waals surface area contributed by atoms with Crippen molar-refractivity contribution >= 4 is 28.4 Å². The Morgan fingerprint density at radius 1 is 1.07 bits per heavy atom. The van der Waals surface area contributed by atoms with Gasteiger partial charge in [-0.3, -0.25) is 9.59 Å². The molecule has 3 aromatic rings. The maximum Gasteiger partial charge on any atom is 0.251 e. The van der Waals surface area contributed by atoms with Crippen LogP contribution in [-0.2, 0) is 4.74 Å². The highest BCUT2D eigenvalue weighted by Crippen LogP contribution is 2.17. The molecule has 0 radical (unpaired) electrons. The number of Topliss-reactive ketones (excluding diaryl/α,β-unsaturated/α-hetero) is 1. The van der Waals surface area contributed by atoms with Crippen LogP contribution in [0.25, 0.3) is 11.0 Å². The number of carbonyl (C=O) groups is 2. The molecule has 1 fully saturated rings. The molecule has 138 valence electrons. The highest BCUT2D eigenvalue weighted by molar-refractivity contribution is 6.03. The summed E-state index contributed by atoms with van der Waals surface area (Å²) in [5, 5.41) is 2.68. The first-order chi connectivity index (χ1) is 13.2. The number of H-pyrrole nitrogens is 1. The first kappa shape index (κ1) is 17.2. The molecule has 1 aromatic heterocycles. The van der Waals surface area contributed by atoms with Crippen LogP contribution in [0.5, 0.6) is 0 Å². The summed E-state index contributed by atoms with van der Waals surface area (Å²) in [4.78, 5) is 34.0. The number of nitrogens with one attached hydrogen (secondary N) is 2. The summed E-state index contributed by atoms with van der Waals surface area (Å²) in [6, 6.07) is 12.7. The lowest BCUT2D eigenvalue weighted by molar-refractivity contribution is 0.0904. The molecule has 0 bridgehead atoms. The number of fused-ring (bicyclic) bond motifs is 1. The van der Waals surface area contributed by atoms with Crippen LogP contribution in [0.4, 0.5) is 5.69 Å². The smallest absolute Gasteiger partial charge is 0.251 e. The van der Waals surface area contributed by atoms with Crippen LogP contribution in [0.3, 0.4) is 0 Å². The van der Waals surface area contributed by atoms with Crippen molar-refractivity contribution in [3.63, 3.8) is 0 Å². The van der Waals surface area contributed by atoms with E-state index in [1.165, 1.54) is 0 Å². The van der Waals surface area contributed by atoms with Crippen LogP contribution in [-0.4, -0.2) is 54.5 Å². The molecule has 7 heteroatoms. The van der Waals surface area contributed by atoms with Crippen molar-refractivity contribution in [3.05, 3.63) is 59.9 Å². The SMILES string of the molecule is O=C(CNC(=O)c1ccc2nc[nH]c2c1)c1ccc(N2CCOCC2)cc1. The number of ether oxygens (including phenoxy) is 1. The minimum absolute atomic E-state index is 0.0449. The van der Waals surface area contributed by atoms with E-state index in [1.807, 2.05) is 12.1 Å². The second-order valence-corrected chi connectivity index (χ2v) is 6.39. The van der Waals surface area contributed by atoms with Gasteiger partial charge in [-0.05, 0) is 42.5 Å². The minimum Gasteiger partial charge on any atom is -0.378 e. The molecule has 27 heavy (non-hydrogen) atoms. The highest BCUT2D eigenvalue weighted by atomic mass is 16.5. The van der Waals surface area contributed by atoms with Gasteiger partial charge in [0.2, 0.25) is 0 Å². The number of morpholine rings is 1. The van der Waals surface area contributed by atoms with E-state index in [1.54, 1.807) is 36.7 Å². The summed E-state index contributed by atoms with van der Waals surface area (Å²) in [7, 11) is 0. The number of imidazole rings is 1. The maximum absolute atomic E-state index is 12.4. The zero-order chi connectivity index (χ0) is 18.6. The number of ketones is 1. The number of hydrogen-bond donors (Lipinski definition) is 2. The van der Waals surface area contributed by atoms with Crippen LogP contribution in [0, 0.1) is 0 Å². The Morgan fingerprint density at radius 2 is 1.81 bits per heavy atom. The molecule has 7 nitrogen and oxygen atoms in total. The van der Waals surface area contributed by atoms with Gasteiger partial charge in [0.25, 0.3) is 5.91 Å². The van der Waals surface area contributed by atoms with E-state index in [0.717, 1.165) is 43.0 Å². The lowest BCUT2D eigenvalue weighted by Gasteiger charge is -2.28. The van der Waals surface area contributed by atoms with E-state index in [0.29, 0.717) is 11.1 Å². The molecule has 2 heterocycles. The highest BCUT2D eigenvalue weighted by Gasteiger charge is 2.13. The van der Waals surface area contributed by atoms with Gasteiger partial charge < -0.3 is 19.9 Å². The van der Waals surface area contributed by atoms with Crippen LogP contribution < -0.4 is 10.2 Å². The van der Waals surface area contributed by atoms with E-state index in [9.17, 15) is 9.59 Å². The van der Waals surface area contributed by atoms with Gasteiger partial charge in [-0.25, -0.2) is 4.98 Å². The van der Waals surface area contributed by atoms with Gasteiger partial charge in [-0.15, -0.1) is 0 Å². The molecule has 1 amide bonds. The molecule has 4 rings (SSSR count). The van der Waals surface area contributed by atoms with Crippen molar-refractivity contribution < 1.29 is 14.3 Å². The van der Waals surface area contributed by atoms with Crippen LogP contribution in [0.2, 0.25) is 0 Å². The van der Waals surface area contributed by atoms with Crippen LogP contribution in [0.15, 0.2) is 48.8 Å². The van der Waals surface area contributed by atoms with Crippen molar-refractivity contribution in [2.75, 3.05) is 37.7 Å². The van der Waals surface area contributed by atoms with Gasteiger partial charge in [0.1, 0.15) is 0 Å². The van der Waals surface area contributed by atoms with Crippen LogP contribution >= 0.6 is 0 Å². The number of aromatic nitrogens is 2. The van der Waals surface area contributed by atoms with Crippen molar-refractivity contribution in [2.45, 2.75) is 0 Å². The van der Waals surface area contributed by atoms with Gasteiger partial charge >= 0.3 is 0 Å². The predicted molar refractivity (Wildman–Crippen MR) is 102 cm³/mol. The lowest BCUT2D eigenvalue weighted by atomic mass is 10.1. The second-order valence-electron chi connectivity index (χ2n) is 6.39. The van der Waals surface area contributed by atoms with E-state index >= 15 is 0 Å². The predicted octanol–water partition coefficient (Wildman–Crippen LogP) is 2.01. The molecule has 2 aromatic carbocycles. The third-order valence-electron chi connectivity index (χ3n) is 4.66. The van der Waals surface area contributed by atoms with Gasteiger partial charge in [0, 0.05) is 29.9 Å². The average molecular weight is 364 g/mol. The molecule has 0 saturated carbocycles. The maximum atomic E-state index is 12.4. The molecular formula is C20H20N4O3. The normalized spacial score (nSPS) is 14.3. The first-order valence-electron chi connectivity index (χ1n) is 8.88. The second kappa shape index (κ2) is 7.59. The molecule has 1 saturated heterocycles. The van der Waals surface area contributed by atoms with Gasteiger partial charge in [-0.1, -0.05) is 0 Å². The molecule has 0 atom stereocenters. The minimum atomic E-state index is -0.287. The van der Waals surface area contributed by atoms with Gasteiger partial charge in [0.05, 0.1) is 37.1 Å². The Hall–Kier alpha value is -3.19. The molecular weight excluding hydrogens is 344 g/mol. The third-order valence-corrected chi connectivity index (χ3v) is 4.66. The molecule has 0 spiro atoms. The number of carbonyl (C=O) groups excluding carboxylic acids is 2. The summed E-state index contributed by atoms with van der Waals surface area (Å²) in [6.07, 6.45) is 1.58. The summed E-state index contributed by atoms with van der Waals surface area (Å²) < 4.78 is 5.35. The molecule has 1 aliphatic heterocycles.